The summed E-state index contributed by atoms with van der Waals surface area (Å²) in [6.45, 7) is 0.437. The number of anilines is 1. The van der Waals surface area contributed by atoms with Crippen LogP contribution >= 0.6 is 23.2 Å². The normalized spacial score (nSPS) is 10.4. The predicted molar refractivity (Wildman–Crippen MR) is 106 cm³/mol. The molecule has 0 aromatic heterocycles. The Bertz CT molecular complexity index is 896. The van der Waals surface area contributed by atoms with Crippen LogP contribution in [0.25, 0.3) is 0 Å². The maximum Gasteiger partial charge on any atom is 0.258 e. The van der Waals surface area contributed by atoms with Gasteiger partial charge in [-0.3, -0.25) is 4.79 Å². The summed E-state index contributed by atoms with van der Waals surface area (Å²) in [5.74, 6) is 0.577. The molecule has 132 valence electrons. The number of hydrogen-bond donors (Lipinski definition) is 0. The molecule has 0 bridgehead atoms. The Morgan fingerprint density at radius 2 is 1.62 bits per heavy atom. The van der Waals surface area contributed by atoms with Crippen LogP contribution in [0.1, 0.15) is 15.9 Å². The maximum absolute atomic E-state index is 13.2. The van der Waals surface area contributed by atoms with Gasteiger partial charge in [-0.1, -0.05) is 53.5 Å². The molecule has 0 heterocycles. The minimum atomic E-state index is -0.155. The second-order valence-electron chi connectivity index (χ2n) is 5.70. The van der Waals surface area contributed by atoms with Crippen LogP contribution in [0.5, 0.6) is 5.75 Å². The summed E-state index contributed by atoms with van der Waals surface area (Å²) < 4.78 is 5.21. The van der Waals surface area contributed by atoms with Crippen LogP contribution in [-0.2, 0) is 6.54 Å². The van der Waals surface area contributed by atoms with Gasteiger partial charge in [0.05, 0.1) is 23.7 Å². The first-order valence-electron chi connectivity index (χ1n) is 8.03. The highest BCUT2D eigenvalue weighted by Crippen LogP contribution is 2.27. The minimum absolute atomic E-state index is 0.155. The third kappa shape index (κ3) is 4.18. The van der Waals surface area contributed by atoms with Crippen molar-refractivity contribution in [1.29, 1.82) is 0 Å². The van der Waals surface area contributed by atoms with Crippen molar-refractivity contribution in [2.75, 3.05) is 12.0 Å². The van der Waals surface area contributed by atoms with Crippen molar-refractivity contribution in [3.63, 3.8) is 0 Å². The Labute approximate surface area is 162 Å². The Hall–Kier alpha value is -2.49. The number of halogens is 2. The molecule has 0 aliphatic heterocycles. The van der Waals surface area contributed by atoms with E-state index in [1.807, 2.05) is 54.6 Å². The molecule has 3 aromatic rings. The lowest BCUT2D eigenvalue weighted by Crippen LogP contribution is -2.30. The molecule has 0 fully saturated rings. The summed E-state index contributed by atoms with van der Waals surface area (Å²) in [5, 5.41) is 0.772. The quantitative estimate of drug-likeness (QED) is 0.551. The van der Waals surface area contributed by atoms with Gasteiger partial charge in [-0.25, -0.2) is 0 Å². The van der Waals surface area contributed by atoms with E-state index in [0.717, 1.165) is 17.0 Å². The molecule has 5 heteroatoms. The van der Waals surface area contributed by atoms with Crippen molar-refractivity contribution in [1.82, 2.24) is 0 Å². The van der Waals surface area contributed by atoms with Crippen molar-refractivity contribution in [3.8, 4) is 5.75 Å². The lowest BCUT2D eigenvalue weighted by molar-refractivity contribution is 0.0985. The average molecular weight is 386 g/mol. The Morgan fingerprint density at radius 1 is 0.923 bits per heavy atom. The molecule has 3 aromatic carbocycles. The van der Waals surface area contributed by atoms with Crippen LogP contribution in [0.15, 0.2) is 72.8 Å². The number of carbonyl (C=O) groups is 1. The fraction of sp³-hybridized carbons (Fsp3) is 0.0952. The summed E-state index contributed by atoms with van der Waals surface area (Å²) in [6, 6.07) is 22.1. The average Bonchev–Trinajstić information content (AvgIpc) is 2.68. The number of rotatable bonds is 5. The minimum Gasteiger partial charge on any atom is -0.497 e. The third-order valence-corrected chi connectivity index (χ3v) is 4.72. The Balaban J connectivity index is 1.97. The highest BCUT2D eigenvalue weighted by atomic mass is 35.5. The van der Waals surface area contributed by atoms with E-state index in [0.29, 0.717) is 22.2 Å². The summed E-state index contributed by atoms with van der Waals surface area (Å²) in [6.07, 6.45) is 0. The van der Waals surface area contributed by atoms with E-state index < -0.39 is 0 Å². The van der Waals surface area contributed by atoms with E-state index in [9.17, 15) is 4.79 Å². The standard InChI is InChI=1S/C21H17Cl2NO2/c1-26-18-10-8-17(9-11-18)24(14-15-5-3-2-4-6-15)21(25)16-7-12-19(22)20(23)13-16/h2-13H,14H2,1H3. The molecule has 0 radical (unpaired) electrons. The van der Waals surface area contributed by atoms with Gasteiger partial charge in [0.15, 0.2) is 0 Å². The lowest BCUT2D eigenvalue weighted by atomic mass is 10.1. The molecule has 0 saturated carbocycles. The highest BCUT2D eigenvalue weighted by Gasteiger charge is 2.19. The first-order chi connectivity index (χ1) is 12.6. The Morgan fingerprint density at radius 3 is 2.23 bits per heavy atom. The van der Waals surface area contributed by atoms with E-state index in [-0.39, 0.29) is 5.91 Å². The number of ether oxygens (including phenoxy) is 1. The number of methoxy groups -OCH3 is 1. The van der Waals surface area contributed by atoms with Gasteiger partial charge < -0.3 is 9.64 Å². The second-order valence-corrected chi connectivity index (χ2v) is 6.52. The zero-order chi connectivity index (χ0) is 18.5. The van der Waals surface area contributed by atoms with Gasteiger partial charge >= 0.3 is 0 Å². The molecule has 0 aliphatic rings. The van der Waals surface area contributed by atoms with Gasteiger partial charge in [0.1, 0.15) is 5.75 Å². The number of nitrogens with zero attached hydrogens (tertiary/aromatic N) is 1. The van der Waals surface area contributed by atoms with Crippen molar-refractivity contribution >= 4 is 34.8 Å². The van der Waals surface area contributed by atoms with Gasteiger partial charge in [-0.15, -0.1) is 0 Å². The van der Waals surface area contributed by atoms with E-state index in [4.69, 9.17) is 27.9 Å². The third-order valence-electron chi connectivity index (χ3n) is 3.98. The van der Waals surface area contributed by atoms with Crippen LogP contribution in [0.3, 0.4) is 0 Å². The lowest BCUT2D eigenvalue weighted by Gasteiger charge is -2.23. The van der Waals surface area contributed by atoms with E-state index in [1.54, 1.807) is 30.2 Å². The molecule has 26 heavy (non-hydrogen) atoms. The van der Waals surface area contributed by atoms with Gasteiger partial charge in [0.25, 0.3) is 5.91 Å². The largest absolute Gasteiger partial charge is 0.497 e. The zero-order valence-corrected chi connectivity index (χ0v) is 15.7. The van der Waals surface area contributed by atoms with Crippen LogP contribution in [-0.4, -0.2) is 13.0 Å². The number of benzene rings is 3. The maximum atomic E-state index is 13.2. The van der Waals surface area contributed by atoms with Crippen molar-refractivity contribution in [2.45, 2.75) is 6.54 Å². The molecule has 0 spiro atoms. The van der Waals surface area contributed by atoms with Crippen molar-refractivity contribution < 1.29 is 9.53 Å². The molecule has 0 saturated heterocycles. The molecule has 1 amide bonds. The summed E-state index contributed by atoms with van der Waals surface area (Å²) in [7, 11) is 1.61. The van der Waals surface area contributed by atoms with Gasteiger partial charge in [0.2, 0.25) is 0 Å². The van der Waals surface area contributed by atoms with Crippen molar-refractivity contribution in [3.05, 3.63) is 94.0 Å². The molecule has 0 aliphatic carbocycles. The molecular weight excluding hydrogens is 369 g/mol. The monoisotopic (exact) mass is 385 g/mol. The molecule has 3 nitrogen and oxygen atoms in total. The second kappa shape index (κ2) is 8.26. The number of carbonyl (C=O) groups excluding carboxylic acids is 1. The smallest absolute Gasteiger partial charge is 0.258 e. The van der Waals surface area contributed by atoms with E-state index in [2.05, 4.69) is 0 Å². The summed E-state index contributed by atoms with van der Waals surface area (Å²) in [5.41, 5.74) is 2.27. The number of amides is 1. The van der Waals surface area contributed by atoms with Crippen LogP contribution < -0.4 is 9.64 Å². The van der Waals surface area contributed by atoms with Crippen LogP contribution in [0, 0.1) is 0 Å². The SMILES string of the molecule is COc1ccc(N(Cc2ccccc2)C(=O)c2ccc(Cl)c(Cl)c2)cc1. The molecule has 3 rings (SSSR count). The molecule has 0 N–H and O–H groups in total. The van der Waals surface area contributed by atoms with Crippen molar-refractivity contribution in [2.24, 2.45) is 0 Å². The molecular formula is C21H17Cl2NO2. The first kappa shape index (κ1) is 18.3. The van der Waals surface area contributed by atoms with E-state index >= 15 is 0 Å². The van der Waals surface area contributed by atoms with Gasteiger partial charge in [-0.05, 0) is 48.0 Å². The number of hydrogen-bond acceptors (Lipinski definition) is 2. The molecule has 0 atom stereocenters. The fourth-order valence-electron chi connectivity index (χ4n) is 2.59. The predicted octanol–water partition coefficient (Wildman–Crippen LogP) is 5.85. The van der Waals surface area contributed by atoms with E-state index in [1.165, 1.54) is 0 Å². The summed E-state index contributed by atoms with van der Waals surface area (Å²) >= 11 is 12.1. The van der Waals surface area contributed by atoms with Crippen LogP contribution in [0.2, 0.25) is 10.0 Å². The van der Waals surface area contributed by atoms with Gasteiger partial charge in [0, 0.05) is 11.3 Å². The Kier molecular flexibility index (Phi) is 5.82. The highest BCUT2D eigenvalue weighted by molar-refractivity contribution is 6.42. The summed E-state index contributed by atoms with van der Waals surface area (Å²) in [4.78, 5) is 14.9. The first-order valence-corrected chi connectivity index (χ1v) is 8.79. The molecule has 0 unspecified atom stereocenters. The fourth-order valence-corrected chi connectivity index (χ4v) is 2.89. The zero-order valence-electron chi connectivity index (χ0n) is 14.2. The van der Waals surface area contributed by atoms with Gasteiger partial charge in [-0.2, -0.15) is 0 Å². The topological polar surface area (TPSA) is 29.5 Å². The van der Waals surface area contributed by atoms with Crippen LogP contribution in [0.4, 0.5) is 5.69 Å².